The van der Waals surface area contributed by atoms with Crippen molar-refractivity contribution in [3.05, 3.63) is 23.3 Å². The van der Waals surface area contributed by atoms with Crippen molar-refractivity contribution in [1.82, 2.24) is 0 Å². The first-order valence-electron chi connectivity index (χ1n) is 11.3. The minimum absolute atomic E-state index is 0.125. The molecule has 4 saturated carbocycles. The van der Waals surface area contributed by atoms with Gasteiger partial charge < -0.3 is 4.74 Å². The molecular weight excluding hydrogens is 372 g/mol. The Morgan fingerprint density at radius 2 is 2.04 bits per heavy atom. The highest BCUT2D eigenvalue weighted by atomic mass is 35.5. The molecule has 1 spiro atoms. The van der Waals surface area contributed by atoms with Gasteiger partial charge in [-0.2, -0.15) is 0 Å². The van der Waals surface area contributed by atoms with Crippen molar-refractivity contribution in [3.63, 3.8) is 0 Å². The minimum atomic E-state index is -0.347. The first-order valence-corrected chi connectivity index (χ1v) is 11.8. The van der Waals surface area contributed by atoms with Gasteiger partial charge in [0, 0.05) is 23.8 Å². The fourth-order valence-electron chi connectivity index (χ4n) is 9.26. The van der Waals surface area contributed by atoms with Crippen molar-refractivity contribution >= 4 is 23.4 Å². The highest BCUT2D eigenvalue weighted by Crippen LogP contribution is 2.80. The maximum Gasteiger partial charge on any atom is 0.331 e. The van der Waals surface area contributed by atoms with Crippen LogP contribution in [0, 0.1) is 46.8 Å². The fraction of sp³-hybridized carbons (Fsp3) is 0.750. The van der Waals surface area contributed by atoms with Gasteiger partial charge in [0.25, 0.3) is 0 Å². The van der Waals surface area contributed by atoms with Crippen molar-refractivity contribution in [2.75, 3.05) is 0 Å². The van der Waals surface area contributed by atoms with Crippen LogP contribution in [0.5, 0.6) is 0 Å². The third kappa shape index (κ3) is 1.65. The van der Waals surface area contributed by atoms with E-state index in [1.165, 1.54) is 24.8 Å². The number of carbonyl (C=O) groups excluding carboxylic acids is 2. The average Bonchev–Trinajstić information content (AvgIpc) is 3.60. The number of Topliss-reactive ketones (excluding diaryl/α,β-unsaturated/α-hetero) is 1. The summed E-state index contributed by atoms with van der Waals surface area (Å²) in [5.74, 6) is 4.67. The summed E-state index contributed by atoms with van der Waals surface area (Å²) in [4.78, 5) is 24.4. The highest BCUT2D eigenvalue weighted by Gasteiger charge is 2.80. The second kappa shape index (κ2) is 4.96. The van der Waals surface area contributed by atoms with E-state index in [1.807, 2.05) is 0 Å². The van der Waals surface area contributed by atoms with E-state index in [9.17, 15) is 9.59 Å². The molecule has 0 saturated heterocycles. The minimum Gasteiger partial charge on any atom is -0.451 e. The number of fused-ring (bicyclic) bond motifs is 11. The van der Waals surface area contributed by atoms with E-state index in [2.05, 4.69) is 13.0 Å². The van der Waals surface area contributed by atoms with Crippen molar-refractivity contribution in [2.45, 2.75) is 62.8 Å². The molecule has 4 heteroatoms. The quantitative estimate of drug-likeness (QED) is 0.372. The Kier molecular flexibility index (Phi) is 2.96. The molecule has 28 heavy (non-hydrogen) atoms. The van der Waals surface area contributed by atoms with E-state index in [4.69, 9.17) is 16.3 Å². The number of carbonyl (C=O) groups is 2. The van der Waals surface area contributed by atoms with Gasteiger partial charge >= 0.3 is 5.97 Å². The molecule has 3 nitrogen and oxygen atoms in total. The Morgan fingerprint density at radius 1 is 1.18 bits per heavy atom. The summed E-state index contributed by atoms with van der Waals surface area (Å²) in [5, 5.41) is -0.347. The predicted octanol–water partition coefficient (Wildman–Crippen LogP) is 4.44. The highest BCUT2D eigenvalue weighted by molar-refractivity contribution is 6.33. The Bertz CT molecular complexity index is 888. The summed E-state index contributed by atoms with van der Waals surface area (Å²) in [6.45, 7) is 2.33. The molecule has 7 aliphatic rings. The average molecular weight is 399 g/mol. The molecule has 0 amide bonds. The largest absolute Gasteiger partial charge is 0.451 e. The monoisotopic (exact) mass is 398 g/mol. The standard InChI is InChI=1S/C24H27ClO3/c1-2-23-7-5-12-11-3-4-17(26)22(25)20(11)14-9-13(14)19(12)21(23)15-10-16(15)24(23)8-6-18(27)28-24/h6,8,12-16,19,21-22H,2-5,7,9-10H2,1H3/t12-,13+,14-,15-,16+,19+,21+,22?,23+,24+/m1/s1. The van der Waals surface area contributed by atoms with Crippen LogP contribution in [0.2, 0.25) is 0 Å². The molecule has 1 heterocycles. The zero-order valence-corrected chi connectivity index (χ0v) is 17.1. The van der Waals surface area contributed by atoms with Crippen LogP contribution >= 0.6 is 11.6 Å². The van der Waals surface area contributed by atoms with Gasteiger partial charge in [-0.1, -0.05) is 12.5 Å². The number of esters is 1. The van der Waals surface area contributed by atoms with Gasteiger partial charge in [0.1, 0.15) is 11.0 Å². The number of ketones is 1. The van der Waals surface area contributed by atoms with Crippen LogP contribution in [0.25, 0.3) is 0 Å². The molecule has 0 aromatic heterocycles. The van der Waals surface area contributed by atoms with Crippen molar-refractivity contribution in [3.8, 4) is 0 Å². The van der Waals surface area contributed by atoms with Crippen molar-refractivity contribution in [2.24, 2.45) is 46.8 Å². The molecular formula is C24H27ClO3. The first-order chi connectivity index (χ1) is 13.5. The number of allylic oxidation sites excluding steroid dienone is 2. The number of ether oxygens (including phenoxy) is 1. The van der Waals surface area contributed by atoms with Crippen LogP contribution in [0.15, 0.2) is 23.3 Å². The van der Waals surface area contributed by atoms with E-state index < -0.39 is 0 Å². The molecule has 4 fully saturated rings. The third-order valence-corrected chi connectivity index (χ3v) is 10.6. The molecule has 0 aromatic rings. The topological polar surface area (TPSA) is 43.4 Å². The van der Waals surface area contributed by atoms with Gasteiger partial charge in [-0.25, -0.2) is 4.79 Å². The summed E-state index contributed by atoms with van der Waals surface area (Å²) < 4.78 is 6.17. The van der Waals surface area contributed by atoms with Crippen LogP contribution in [0.3, 0.4) is 0 Å². The van der Waals surface area contributed by atoms with Gasteiger partial charge in [-0.15, -0.1) is 11.6 Å². The zero-order valence-electron chi connectivity index (χ0n) is 16.3. The molecule has 0 N–H and O–H groups in total. The van der Waals surface area contributed by atoms with E-state index in [-0.39, 0.29) is 28.1 Å². The summed E-state index contributed by atoms with van der Waals surface area (Å²) in [6.07, 6.45) is 11.3. The Labute approximate surface area is 170 Å². The van der Waals surface area contributed by atoms with Gasteiger partial charge in [0.05, 0.1) is 0 Å². The lowest BCUT2D eigenvalue weighted by Gasteiger charge is -2.57. The van der Waals surface area contributed by atoms with Crippen LogP contribution < -0.4 is 0 Å². The molecule has 0 radical (unpaired) electrons. The Balaban J connectivity index is 1.35. The molecule has 6 aliphatic carbocycles. The second-order valence-corrected chi connectivity index (χ2v) is 11.1. The normalized spacial score (nSPS) is 57.4. The Hall–Kier alpha value is -1.09. The van der Waals surface area contributed by atoms with E-state index in [1.54, 1.807) is 11.6 Å². The summed E-state index contributed by atoms with van der Waals surface area (Å²) >= 11 is 6.64. The summed E-state index contributed by atoms with van der Waals surface area (Å²) in [7, 11) is 0. The van der Waals surface area contributed by atoms with E-state index in [0.717, 1.165) is 31.1 Å². The number of halogens is 1. The number of alkyl halides is 1. The van der Waals surface area contributed by atoms with E-state index in [0.29, 0.717) is 36.0 Å². The second-order valence-electron chi connectivity index (χ2n) is 10.6. The lowest BCUT2D eigenvalue weighted by molar-refractivity contribution is -0.170. The van der Waals surface area contributed by atoms with Gasteiger partial charge in [-0.3, -0.25) is 4.79 Å². The maximum absolute atomic E-state index is 12.3. The molecule has 7 rings (SSSR count). The zero-order chi connectivity index (χ0) is 19.0. The number of rotatable bonds is 1. The summed E-state index contributed by atoms with van der Waals surface area (Å²) in [5.41, 5.74) is 2.72. The SMILES string of the molecule is CC[C@]12CC[C@@H]3C4=C(C(Cl)C(=O)CC4)[C@@H]4C[C@@H]4[C@H]3[C@@H]1[C@@H]1C[C@@H]1[C@@]21C=CC(=O)O1. The molecule has 0 aromatic carbocycles. The molecule has 0 bridgehead atoms. The van der Waals surface area contributed by atoms with Crippen molar-refractivity contribution < 1.29 is 14.3 Å². The van der Waals surface area contributed by atoms with Crippen molar-refractivity contribution in [1.29, 1.82) is 0 Å². The van der Waals surface area contributed by atoms with Crippen LogP contribution in [0.4, 0.5) is 0 Å². The van der Waals surface area contributed by atoms with Crippen LogP contribution in [-0.2, 0) is 14.3 Å². The molecule has 10 atom stereocenters. The first kappa shape index (κ1) is 16.7. The maximum atomic E-state index is 12.3. The smallest absolute Gasteiger partial charge is 0.331 e. The van der Waals surface area contributed by atoms with Gasteiger partial charge in [0.15, 0.2) is 5.78 Å². The third-order valence-electron chi connectivity index (χ3n) is 10.2. The summed E-state index contributed by atoms with van der Waals surface area (Å²) in [6, 6.07) is 0. The van der Waals surface area contributed by atoms with Crippen LogP contribution in [0.1, 0.15) is 51.9 Å². The molecule has 148 valence electrons. The number of hydrogen-bond acceptors (Lipinski definition) is 3. The predicted molar refractivity (Wildman–Crippen MR) is 104 cm³/mol. The van der Waals surface area contributed by atoms with Gasteiger partial charge in [-0.05, 0) is 85.7 Å². The number of hydrogen-bond donors (Lipinski definition) is 0. The lowest BCUT2D eigenvalue weighted by Crippen LogP contribution is -2.56. The van der Waals surface area contributed by atoms with Crippen LogP contribution in [-0.4, -0.2) is 22.7 Å². The Morgan fingerprint density at radius 3 is 2.79 bits per heavy atom. The molecule has 1 unspecified atom stereocenters. The van der Waals surface area contributed by atoms with Gasteiger partial charge in [0.2, 0.25) is 0 Å². The molecule has 1 aliphatic heterocycles. The van der Waals surface area contributed by atoms with E-state index >= 15 is 0 Å². The lowest BCUT2D eigenvalue weighted by atomic mass is 9.49. The fourth-order valence-corrected chi connectivity index (χ4v) is 9.67.